The Kier molecular flexibility index (Phi) is 5.51. The molecule has 0 amide bonds. The molecule has 0 saturated carbocycles. The van der Waals surface area contributed by atoms with Crippen molar-refractivity contribution in [1.82, 2.24) is 0 Å². The highest BCUT2D eigenvalue weighted by molar-refractivity contribution is 6.05. The maximum atomic E-state index is 13.8. The van der Waals surface area contributed by atoms with Gasteiger partial charge in [0.05, 0.1) is 21.3 Å². The number of benzene rings is 2. The van der Waals surface area contributed by atoms with Crippen LogP contribution in [0.4, 0.5) is 4.39 Å². The van der Waals surface area contributed by atoms with Crippen LogP contribution < -0.4 is 14.2 Å². The molecule has 0 fully saturated rings. The Bertz CT molecular complexity index is 903. The molecule has 4 nitrogen and oxygen atoms in total. The van der Waals surface area contributed by atoms with Crippen LogP contribution in [0.2, 0.25) is 0 Å². The monoisotopic (exact) mass is 370 g/mol. The molecular formula is C22H23FO4. The minimum Gasteiger partial charge on any atom is -0.493 e. The van der Waals surface area contributed by atoms with Crippen molar-refractivity contribution < 1.29 is 23.7 Å². The quantitative estimate of drug-likeness (QED) is 0.810. The van der Waals surface area contributed by atoms with Crippen LogP contribution >= 0.6 is 0 Å². The maximum absolute atomic E-state index is 13.8. The van der Waals surface area contributed by atoms with Crippen molar-refractivity contribution in [3.05, 3.63) is 58.4 Å². The number of fused-ring (bicyclic) bond motifs is 1. The molecule has 3 rings (SSSR count). The number of methoxy groups -OCH3 is 3. The molecule has 5 heteroatoms. The van der Waals surface area contributed by atoms with Crippen LogP contribution in [0.15, 0.2) is 35.9 Å². The van der Waals surface area contributed by atoms with Gasteiger partial charge in [0.2, 0.25) is 5.75 Å². The van der Waals surface area contributed by atoms with Crippen molar-refractivity contribution in [3.63, 3.8) is 0 Å². The zero-order valence-electron chi connectivity index (χ0n) is 15.9. The van der Waals surface area contributed by atoms with Crippen LogP contribution in [0.5, 0.6) is 17.2 Å². The van der Waals surface area contributed by atoms with E-state index in [0.717, 1.165) is 33.4 Å². The Labute approximate surface area is 158 Å². The molecule has 0 heterocycles. The highest BCUT2D eigenvalue weighted by Crippen LogP contribution is 2.45. The summed E-state index contributed by atoms with van der Waals surface area (Å²) in [7, 11) is 4.72. The second-order valence-corrected chi connectivity index (χ2v) is 6.28. The molecule has 0 bridgehead atoms. The average molecular weight is 370 g/mol. The summed E-state index contributed by atoms with van der Waals surface area (Å²) in [6.07, 6.45) is 2.50. The summed E-state index contributed by atoms with van der Waals surface area (Å²) in [5.74, 6) is 1.38. The molecule has 0 atom stereocenters. The van der Waals surface area contributed by atoms with Gasteiger partial charge in [-0.25, -0.2) is 4.39 Å². The fraction of sp³-hybridized carbons (Fsp3) is 0.273. The van der Waals surface area contributed by atoms with E-state index in [4.69, 9.17) is 14.2 Å². The second-order valence-electron chi connectivity index (χ2n) is 6.28. The van der Waals surface area contributed by atoms with Gasteiger partial charge >= 0.3 is 0 Å². The Morgan fingerprint density at radius 3 is 2.19 bits per heavy atom. The van der Waals surface area contributed by atoms with Gasteiger partial charge in [0, 0.05) is 6.61 Å². The topological polar surface area (TPSA) is 47.9 Å². The van der Waals surface area contributed by atoms with Gasteiger partial charge in [0.15, 0.2) is 11.5 Å². The average Bonchev–Trinajstić information content (AvgIpc) is 2.92. The molecule has 27 heavy (non-hydrogen) atoms. The third-order valence-corrected chi connectivity index (χ3v) is 4.81. The Hall–Kier alpha value is -2.79. The number of rotatable bonds is 6. The molecule has 0 aromatic heterocycles. The third-order valence-electron chi connectivity index (χ3n) is 4.81. The summed E-state index contributed by atoms with van der Waals surface area (Å²) in [6.45, 7) is 2.01. The Morgan fingerprint density at radius 2 is 1.63 bits per heavy atom. The van der Waals surface area contributed by atoms with Crippen molar-refractivity contribution in [2.75, 3.05) is 27.9 Å². The fourth-order valence-corrected chi connectivity index (χ4v) is 3.54. The van der Waals surface area contributed by atoms with Crippen LogP contribution in [-0.4, -0.2) is 33.0 Å². The molecular weight excluding hydrogens is 347 g/mol. The summed E-state index contributed by atoms with van der Waals surface area (Å²) < 4.78 is 30.0. The van der Waals surface area contributed by atoms with E-state index in [9.17, 15) is 9.50 Å². The zero-order valence-corrected chi connectivity index (χ0v) is 15.9. The first kappa shape index (κ1) is 19.0. The van der Waals surface area contributed by atoms with E-state index < -0.39 is 0 Å². The summed E-state index contributed by atoms with van der Waals surface area (Å²) in [5.41, 5.74) is 5.64. The molecule has 2 aromatic carbocycles. The minimum atomic E-state index is -0.286. The Balaban J connectivity index is 2.18. The van der Waals surface area contributed by atoms with E-state index in [1.165, 1.54) is 12.1 Å². The Morgan fingerprint density at radius 1 is 0.963 bits per heavy atom. The van der Waals surface area contributed by atoms with Gasteiger partial charge in [-0.2, -0.15) is 0 Å². The summed E-state index contributed by atoms with van der Waals surface area (Å²) in [6, 6.07) is 8.50. The number of halogens is 1. The lowest BCUT2D eigenvalue weighted by Gasteiger charge is -2.13. The first-order valence-electron chi connectivity index (χ1n) is 8.67. The van der Waals surface area contributed by atoms with Gasteiger partial charge in [-0.1, -0.05) is 6.07 Å². The van der Waals surface area contributed by atoms with E-state index in [1.807, 2.05) is 25.1 Å². The van der Waals surface area contributed by atoms with Crippen LogP contribution in [0.25, 0.3) is 17.2 Å². The molecule has 2 aromatic rings. The van der Waals surface area contributed by atoms with E-state index in [0.29, 0.717) is 23.7 Å². The van der Waals surface area contributed by atoms with Crippen molar-refractivity contribution in [1.29, 1.82) is 0 Å². The van der Waals surface area contributed by atoms with E-state index in [2.05, 4.69) is 0 Å². The largest absolute Gasteiger partial charge is 0.493 e. The minimum absolute atomic E-state index is 0.0140. The van der Waals surface area contributed by atoms with Crippen molar-refractivity contribution in [2.24, 2.45) is 0 Å². The smallest absolute Gasteiger partial charge is 0.203 e. The molecule has 1 N–H and O–H groups in total. The van der Waals surface area contributed by atoms with Crippen molar-refractivity contribution in [3.8, 4) is 17.2 Å². The number of ether oxygens (including phenoxy) is 3. The van der Waals surface area contributed by atoms with Gasteiger partial charge in [0.1, 0.15) is 5.82 Å². The van der Waals surface area contributed by atoms with Gasteiger partial charge < -0.3 is 19.3 Å². The van der Waals surface area contributed by atoms with E-state index in [1.54, 1.807) is 27.4 Å². The first-order chi connectivity index (χ1) is 13.0. The predicted molar refractivity (Wildman–Crippen MR) is 105 cm³/mol. The lowest BCUT2D eigenvalue weighted by atomic mass is 10.00. The molecule has 0 radical (unpaired) electrons. The molecule has 0 spiro atoms. The van der Waals surface area contributed by atoms with Crippen molar-refractivity contribution in [2.45, 2.75) is 13.3 Å². The van der Waals surface area contributed by atoms with Gasteiger partial charge in [-0.3, -0.25) is 0 Å². The molecule has 0 aliphatic heterocycles. The number of hydrogen-bond acceptors (Lipinski definition) is 4. The van der Waals surface area contributed by atoms with Gasteiger partial charge in [-0.15, -0.1) is 0 Å². The summed E-state index contributed by atoms with van der Waals surface area (Å²) in [5, 5.41) is 9.42. The summed E-state index contributed by atoms with van der Waals surface area (Å²) >= 11 is 0. The lowest BCUT2D eigenvalue weighted by Crippen LogP contribution is -1.95. The standard InChI is InChI=1S/C22H23FO4/c1-13-16(7-8-24)19-12-15(23)5-6-17(19)18(13)9-14-10-20(25-2)22(27-4)21(11-14)26-3/h5-6,9-12,24H,7-8H2,1-4H3. The number of hydrogen-bond donors (Lipinski definition) is 1. The van der Waals surface area contributed by atoms with Gasteiger partial charge in [-0.05, 0) is 77.1 Å². The van der Waals surface area contributed by atoms with Crippen LogP contribution in [0.3, 0.4) is 0 Å². The SMILES string of the molecule is COc1cc(C=C2C(C)=C(CCO)c3cc(F)ccc32)cc(OC)c1OC. The first-order valence-corrected chi connectivity index (χ1v) is 8.67. The lowest BCUT2D eigenvalue weighted by molar-refractivity contribution is 0.305. The second kappa shape index (κ2) is 7.84. The third kappa shape index (κ3) is 3.43. The highest BCUT2D eigenvalue weighted by atomic mass is 19.1. The summed E-state index contributed by atoms with van der Waals surface area (Å²) in [4.78, 5) is 0. The number of allylic oxidation sites excluding steroid dienone is 2. The number of aliphatic hydroxyl groups excluding tert-OH is 1. The van der Waals surface area contributed by atoms with E-state index in [-0.39, 0.29) is 12.4 Å². The normalized spacial score (nSPS) is 14.5. The molecule has 1 aliphatic rings. The highest BCUT2D eigenvalue weighted by Gasteiger charge is 2.24. The predicted octanol–water partition coefficient (Wildman–Crippen LogP) is 4.56. The van der Waals surface area contributed by atoms with E-state index >= 15 is 0 Å². The van der Waals surface area contributed by atoms with Crippen molar-refractivity contribution >= 4 is 17.2 Å². The van der Waals surface area contributed by atoms with Gasteiger partial charge in [0.25, 0.3) is 0 Å². The van der Waals surface area contributed by atoms with Crippen LogP contribution in [0, 0.1) is 5.82 Å². The molecule has 0 unspecified atom stereocenters. The van der Waals surface area contributed by atoms with Crippen LogP contribution in [0.1, 0.15) is 30.0 Å². The van der Waals surface area contributed by atoms with Crippen LogP contribution in [-0.2, 0) is 0 Å². The molecule has 142 valence electrons. The number of aliphatic hydroxyl groups is 1. The maximum Gasteiger partial charge on any atom is 0.203 e. The fourth-order valence-electron chi connectivity index (χ4n) is 3.54. The molecule has 0 saturated heterocycles. The zero-order chi connectivity index (χ0) is 19.6. The molecule has 1 aliphatic carbocycles.